The molecule has 1 aliphatic carbocycles. The highest BCUT2D eigenvalue weighted by Crippen LogP contribution is 2.40. The third-order valence-corrected chi connectivity index (χ3v) is 4.96. The van der Waals surface area contributed by atoms with Gasteiger partial charge in [0.25, 0.3) is 0 Å². The Morgan fingerprint density at radius 2 is 2.05 bits per heavy atom. The van der Waals surface area contributed by atoms with E-state index in [4.69, 9.17) is 21.1 Å². The zero-order valence-corrected chi connectivity index (χ0v) is 15.5. The first-order valence-electron chi connectivity index (χ1n) is 7.31. The summed E-state index contributed by atoms with van der Waals surface area (Å²) in [5.41, 5.74) is -0.371. The molecule has 0 spiro atoms. The molecule has 1 aromatic rings. The van der Waals surface area contributed by atoms with E-state index in [1.54, 1.807) is 6.07 Å². The average Bonchev–Trinajstić information content (AvgIpc) is 2.91. The van der Waals surface area contributed by atoms with Crippen LogP contribution in [-0.2, 0) is 4.74 Å². The molecule has 0 atom stereocenters. The zero-order valence-electron chi connectivity index (χ0n) is 12.6. The Bertz CT molecular complexity index is 557. The van der Waals surface area contributed by atoms with Crippen LogP contribution < -0.4 is 4.74 Å². The monoisotopic (exact) mass is 440 g/mol. The molecule has 6 heteroatoms. The van der Waals surface area contributed by atoms with Gasteiger partial charge >= 0.3 is 5.97 Å². The molecule has 1 fully saturated rings. The lowest BCUT2D eigenvalue weighted by molar-refractivity contribution is -0.0400. The number of halogens is 3. The van der Waals surface area contributed by atoms with Crippen molar-refractivity contribution >= 4 is 40.2 Å². The van der Waals surface area contributed by atoms with Crippen molar-refractivity contribution < 1.29 is 18.7 Å². The van der Waals surface area contributed by atoms with Gasteiger partial charge < -0.3 is 9.47 Å². The molecule has 0 aliphatic heterocycles. The summed E-state index contributed by atoms with van der Waals surface area (Å²) in [6.07, 6.45) is 3.76. The Morgan fingerprint density at radius 3 is 2.59 bits per heavy atom. The van der Waals surface area contributed by atoms with Crippen LogP contribution in [0.15, 0.2) is 12.1 Å². The van der Waals surface area contributed by atoms with Crippen molar-refractivity contribution in [2.24, 2.45) is 5.92 Å². The van der Waals surface area contributed by atoms with Crippen LogP contribution >= 0.6 is 34.2 Å². The number of benzene rings is 1. The van der Waals surface area contributed by atoms with Crippen LogP contribution in [0.5, 0.6) is 5.75 Å². The van der Waals surface area contributed by atoms with Gasteiger partial charge in [-0.1, -0.05) is 25.4 Å². The molecule has 0 heterocycles. The van der Waals surface area contributed by atoms with Crippen LogP contribution in [0.25, 0.3) is 0 Å². The van der Waals surface area contributed by atoms with Gasteiger partial charge in [0.2, 0.25) is 0 Å². The van der Waals surface area contributed by atoms with Crippen molar-refractivity contribution in [3.63, 3.8) is 0 Å². The Hall–Kier alpha value is -0.560. The van der Waals surface area contributed by atoms with E-state index in [-0.39, 0.29) is 23.3 Å². The Labute approximate surface area is 148 Å². The molecular weight excluding hydrogens is 422 g/mol. The maximum atomic E-state index is 14.0. The van der Waals surface area contributed by atoms with Gasteiger partial charge in [-0.25, -0.2) is 9.18 Å². The summed E-state index contributed by atoms with van der Waals surface area (Å²) >= 11 is 7.48. The van der Waals surface area contributed by atoms with E-state index in [1.165, 1.54) is 6.07 Å². The number of alkyl halides is 1. The van der Waals surface area contributed by atoms with Gasteiger partial charge in [-0.05, 0) is 66.3 Å². The quantitative estimate of drug-likeness (QED) is 0.362. The summed E-state index contributed by atoms with van der Waals surface area (Å²) in [6.45, 7) is 4.09. The van der Waals surface area contributed by atoms with Crippen LogP contribution in [0, 0.1) is 15.3 Å². The topological polar surface area (TPSA) is 35.5 Å². The molecule has 0 radical (unpaired) electrons. The highest BCUT2D eigenvalue weighted by atomic mass is 127. The number of rotatable bonds is 5. The second kappa shape index (κ2) is 7.34. The Morgan fingerprint density at radius 1 is 1.41 bits per heavy atom. The van der Waals surface area contributed by atoms with E-state index >= 15 is 0 Å². The number of esters is 1. The molecular formula is C16H19ClFIO3. The predicted molar refractivity (Wildman–Crippen MR) is 91.9 cm³/mol. The third kappa shape index (κ3) is 3.67. The van der Waals surface area contributed by atoms with E-state index in [0.717, 1.165) is 25.7 Å². The van der Waals surface area contributed by atoms with Crippen LogP contribution in [-0.4, -0.2) is 17.6 Å². The average molecular weight is 441 g/mol. The van der Waals surface area contributed by atoms with Gasteiger partial charge in [0.1, 0.15) is 11.2 Å². The fraction of sp³-hybridized carbons (Fsp3) is 0.562. The zero-order chi connectivity index (χ0) is 16.3. The molecule has 0 unspecified atom stereocenters. The number of carbonyl (C=O) groups is 1. The summed E-state index contributed by atoms with van der Waals surface area (Å²) in [5.74, 6) is -1.08. The van der Waals surface area contributed by atoms with Crippen LogP contribution in [0.1, 0.15) is 49.9 Å². The van der Waals surface area contributed by atoms with Crippen molar-refractivity contribution in [1.29, 1.82) is 0 Å². The molecule has 0 aromatic heterocycles. The van der Waals surface area contributed by atoms with E-state index in [1.807, 2.05) is 36.4 Å². The number of hydrogen-bond acceptors (Lipinski definition) is 3. The molecule has 0 N–H and O–H groups in total. The molecule has 1 saturated carbocycles. The predicted octanol–water partition coefficient (Wildman–Crippen LogP) is 5.13. The molecule has 0 saturated heterocycles. The molecule has 0 bridgehead atoms. The summed E-state index contributed by atoms with van der Waals surface area (Å²) in [6, 6.07) is 2.64. The van der Waals surface area contributed by atoms with Crippen molar-refractivity contribution in [1.82, 2.24) is 0 Å². The summed E-state index contributed by atoms with van der Waals surface area (Å²) in [7, 11) is 0. The molecule has 1 aliphatic rings. The van der Waals surface area contributed by atoms with Crippen LogP contribution in [0.2, 0.25) is 0 Å². The minimum Gasteiger partial charge on any atom is -0.474 e. The standard InChI is InChI=1S/C16H19ClFIO3/c1-10(2)16(5-3-4-6-16)22-15(20)12-7-11(19)8-13(18)14(12)21-9-17/h7-8,10H,3-6,9H2,1-2H3. The minimum absolute atomic E-state index is 0.0944. The first kappa shape index (κ1) is 17.8. The maximum absolute atomic E-state index is 14.0. The molecule has 122 valence electrons. The lowest BCUT2D eigenvalue weighted by Crippen LogP contribution is -2.37. The number of ether oxygens (including phenoxy) is 2. The normalized spacial score (nSPS) is 16.8. The van der Waals surface area contributed by atoms with Crippen molar-refractivity contribution in [3.8, 4) is 5.75 Å². The lowest BCUT2D eigenvalue weighted by atomic mass is 9.88. The van der Waals surface area contributed by atoms with Crippen molar-refractivity contribution in [2.75, 3.05) is 6.07 Å². The lowest BCUT2D eigenvalue weighted by Gasteiger charge is -2.33. The highest BCUT2D eigenvalue weighted by Gasteiger charge is 2.41. The van der Waals surface area contributed by atoms with Crippen molar-refractivity contribution in [3.05, 3.63) is 27.1 Å². The summed E-state index contributed by atoms with van der Waals surface area (Å²) in [4.78, 5) is 12.6. The van der Waals surface area contributed by atoms with Gasteiger partial charge in [-0.15, -0.1) is 0 Å². The van der Waals surface area contributed by atoms with Crippen LogP contribution in [0.4, 0.5) is 4.39 Å². The minimum atomic E-state index is -0.607. The summed E-state index contributed by atoms with van der Waals surface area (Å²) < 4.78 is 25.5. The molecule has 22 heavy (non-hydrogen) atoms. The Kier molecular flexibility index (Phi) is 5.94. The highest BCUT2D eigenvalue weighted by molar-refractivity contribution is 14.1. The molecule has 2 rings (SSSR count). The van der Waals surface area contributed by atoms with Gasteiger partial charge in [-0.2, -0.15) is 0 Å². The smallest absolute Gasteiger partial charge is 0.342 e. The van der Waals surface area contributed by atoms with Gasteiger partial charge in [0.15, 0.2) is 17.6 Å². The van der Waals surface area contributed by atoms with Crippen molar-refractivity contribution in [2.45, 2.75) is 45.1 Å². The number of hydrogen-bond donors (Lipinski definition) is 0. The Balaban J connectivity index is 2.32. The number of carbonyl (C=O) groups excluding carboxylic acids is 1. The van der Waals surface area contributed by atoms with E-state index in [9.17, 15) is 9.18 Å². The first-order valence-corrected chi connectivity index (χ1v) is 8.92. The third-order valence-electron chi connectivity index (χ3n) is 4.23. The first-order chi connectivity index (χ1) is 10.4. The SMILES string of the molecule is CC(C)C1(OC(=O)c2cc(I)cc(F)c2OCCl)CCCC1. The fourth-order valence-corrected chi connectivity index (χ4v) is 3.62. The van der Waals surface area contributed by atoms with E-state index in [0.29, 0.717) is 3.57 Å². The van der Waals surface area contributed by atoms with Crippen LogP contribution in [0.3, 0.4) is 0 Å². The summed E-state index contributed by atoms with van der Waals surface area (Å²) in [5, 5.41) is 0. The van der Waals surface area contributed by atoms with Gasteiger partial charge in [-0.3, -0.25) is 0 Å². The van der Waals surface area contributed by atoms with Gasteiger partial charge in [0.05, 0.1) is 0 Å². The van der Waals surface area contributed by atoms with Gasteiger partial charge in [0, 0.05) is 3.57 Å². The van der Waals surface area contributed by atoms with E-state index < -0.39 is 17.4 Å². The second-order valence-electron chi connectivity index (χ2n) is 5.83. The molecule has 3 nitrogen and oxygen atoms in total. The maximum Gasteiger partial charge on any atom is 0.342 e. The molecule has 0 amide bonds. The van der Waals surface area contributed by atoms with E-state index in [2.05, 4.69) is 0 Å². The molecule has 1 aromatic carbocycles. The second-order valence-corrected chi connectivity index (χ2v) is 7.30. The fourth-order valence-electron chi connectivity index (χ4n) is 2.92. The largest absolute Gasteiger partial charge is 0.474 e.